The smallest absolute Gasteiger partial charge is 0.377 e. The number of carbonyl (C=O) groups is 2. The first-order valence-electron chi connectivity index (χ1n) is 2.26. The molecule has 0 bridgehead atoms. The molecular weight excluding hydrogens is 138 g/mol. The van der Waals surface area contributed by atoms with Gasteiger partial charge in [-0.2, -0.15) is 0 Å². The van der Waals surface area contributed by atoms with Crippen LogP contribution in [-0.2, 0) is 9.59 Å². The van der Waals surface area contributed by atoms with Crippen LogP contribution in [0, 0.1) is 5.41 Å². The van der Waals surface area contributed by atoms with E-state index < -0.39 is 17.3 Å². The molecule has 10 heavy (non-hydrogen) atoms. The van der Waals surface area contributed by atoms with E-state index in [1.54, 1.807) is 0 Å². The number of nitrogens with one attached hydrogen (secondary N) is 1. The SMILES string of the molecule is N=C/C(=C\O)C(=O)C(=O)O. The number of rotatable bonds is 3. The molecule has 5 heteroatoms. The largest absolute Gasteiger partial charge is 0.515 e. The normalized spacial score (nSPS) is 10.6. The van der Waals surface area contributed by atoms with Gasteiger partial charge in [-0.1, -0.05) is 0 Å². The highest BCUT2D eigenvalue weighted by Crippen LogP contribution is 1.89. The van der Waals surface area contributed by atoms with Gasteiger partial charge in [-0.05, 0) is 0 Å². The Morgan fingerprint density at radius 2 is 1.90 bits per heavy atom. The Labute approximate surface area is 56.1 Å². The van der Waals surface area contributed by atoms with Crippen molar-refractivity contribution in [1.82, 2.24) is 0 Å². The highest BCUT2D eigenvalue weighted by Gasteiger charge is 2.15. The van der Waals surface area contributed by atoms with Gasteiger partial charge in [0.25, 0.3) is 5.78 Å². The number of aliphatic hydroxyl groups is 1. The molecule has 54 valence electrons. The van der Waals surface area contributed by atoms with Gasteiger partial charge in [0.1, 0.15) is 0 Å². The third-order valence-electron chi connectivity index (χ3n) is 0.751. The first-order chi connectivity index (χ1) is 4.63. The van der Waals surface area contributed by atoms with Gasteiger partial charge in [0, 0.05) is 6.21 Å². The number of Topliss-reactive ketones (excluding diaryl/α,β-unsaturated/α-hetero) is 1. The van der Waals surface area contributed by atoms with E-state index in [4.69, 9.17) is 15.6 Å². The molecule has 3 N–H and O–H groups in total. The van der Waals surface area contributed by atoms with Crippen LogP contribution in [0.1, 0.15) is 0 Å². The standard InChI is InChI=1S/C5H5NO4/c6-1-3(2-7)4(8)5(9)10/h1-2,6-7H,(H,9,10)/b3-2+,6-1?. The Morgan fingerprint density at radius 1 is 1.40 bits per heavy atom. The van der Waals surface area contributed by atoms with E-state index >= 15 is 0 Å². The van der Waals surface area contributed by atoms with Crippen molar-refractivity contribution in [3.63, 3.8) is 0 Å². The van der Waals surface area contributed by atoms with Crippen molar-refractivity contribution >= 4 is 18.0 Å². The maximum Gasteiger partial charge on any atom is 0.377 e. The monoisotopic (exact) mass is 143 g/mol. The summed E-state index contributed by atoms with van der Waals surface area (Å²) in [5.74, 6) is -2.98. The van der Waals surface area contributed by atoms with E-state index in [0.29, 0.717) is 6.21 Å². The average Bonchev–Trinajstić information content (AvgIpc) is 1.90. The fraction of sp³-hybridized carbons (Fsp3) is 0. The number of aliphatic carboxylic acids is 1. The number of ketones is 1. The predicted molar refractivity (Wildman–Crippen MR) is 32.1 cm³/mol. The van der Waals surface area contributed by atoms with E-state index in [0.717, 1.165) is 0 Å². The third-order valence-corrected chi connectivity index (χ3v) is 0.751. The van der Waals surface area contributed by atoms with Crippen LogP contribution in [0.3, 0.4) is 0 Å². The minimum atomic E-state index is -1.69. The summed E-state index contributed by atoms with van der Waals surface area (Å²) >= 11 is 0. The summed E-state index contributed by atoms with van der Waals surface area (Å²) in [5, 5.41) is 22.6. The number of carboxylic acids is 1. The van der Waals surface area contributed by atoms with Crippen LogP contribution >= 0.6 is 0 Å². The van der Waals surface area contributed by atoms with E-state index in [1.807, 2.05) is 0 Å². The lowest BCUT2D eigenvalue weighted by molar-refractivity contribution is -0.147. The van der Waals surface area contributed by atoms with Crippen molar-refractivity contribution in [1.29, 1.82) is 5.41 Å². The van der Waals surface area contributed by atoms with Gasteiger partial charge >= 0.3 is 5.97 Å². The number of hydrogen-bond donors (Lipinski definition) is 3. The maximum atomic E-state index is 10.3. The van der Waals surface area contributed by atoms with Crippen molar-refractivity contribution in [2.45, 2.75) is 0 Å². The summed E-state index contributed by atoms with van der Waals surface area (Å²) in [6.07, 6.45) is 0.750. The van der Waals surface area contributed by atoms with Crippen LogP contribution in [-0.4, -0.2) is 28.2 Å². The first kappa shape index (κ1) is 8.35. The molecule has 0 aromatic rings. The fourth-order valence-corrected chi connectivity index (χ4v) is 0.285. The summed E-state index contributed by atoms with van der Waals surface area (Å²) in [7, 11) is 0. The second kappa shape index (κ2) is 3.39. The lowest BCUT2D eigenvalue weighted by Crippen LogP contribution is -2.15. The Hall–Kier alpha value is -1.65. The summed E-state index contributed by atoms with van der Waals surface area (Å²) in [4.78, 5) is 20.2. The highest BCUT2D eigenvalue weighted by molar-refractivity contribution is 6.44. The Morgan fingerprint density at radius 3 is 2.00 bits per heavy atom. The molecule has 0 heterocycles. The molecule has 0 radical (unpaired) electrons. The van der Waals surface area contributed by atoms with Crippen molar-refractivity contribution in [3.05, 3.63) is 11.8 Å². The summed E-state index contributed by atoms with van der Waals surface area (Å²) in [6, 6.07) is 0. The zero-order chi connectivity index (χ0) is 8.15. The molecule has 0 aromatic heterocycles. The molecule has 5 nitrogen and oxygen atoms in total. The Bertz CT molecular complexity index is 206. The molecule has 0 aliphatic heterocycles. The van der Waals surface area contributed by atoms with Gasteiger partial charge < -0.3 is 15.6 Å². The zero-order valence-electron chi connectivity index (χ0n) is 4.87. The van der Waals surface area contributed by atoms with Gasteiger partial charge in [0.2, 0.25) is 0 Å². The molecule has 0 saturated carbocycles. The fourth-order valence-electron chi connectivity index (χ4n) is 0.285. The Balaban J connectivity index is 4.48. The molecule has 0 atom stereocenters. The van der Waals surface area contributed by atoms with Crippen molar-refractivity contribution in [2.24, 2.45) is 0 Å². The van der Waals surface area contributed by atoms with Crippen LogP contribution in [0.5, 0.6) is 0 Å². The van der Waals surface area contributed by atoms with Gasteiger partial charge in [0.05, 0.1) is 11.8 Å². The molecule has 0 aromatic carbocycles. The number of carboxylic acid groups (broad SMARTS) is 1. The maximum absolute atomic E-state index is 10.3. The first-order valence-corrected chi connectivity index (χ1v) is 2.26. The van der Waals surface area contributed by atoms with Crippen molar-refractivity contribution < 1.29 is 19.8 Å². The van der Waals surface area contributed by atoms with E-state index in [9.17, 15) is 9.59 Å². The molecule has 0 aliphatic carbocycles. The lowest BCUT2D eigenvalue weighted by Gasteiger charge is -1.89. The van der Waals surface area contributed by atoms with Gasteiger partial charge in [0.15, 0.2) is 0 Å². The van der Waals surface area contributed by atoms with Crippen LogP contribution in [0.25, 0.3) is 0 Å². The zero-order valence-corrected chi connectivity index (χ0v) is 4.87. The van der Waals surface area contributed by atoms with Gasteiger partial charge in [-0.3, -0.25) is 4.79 Å². The second-order valence-electron chi connectivity index (χ2n) is 1.36. The molecule has 0 aliphatic rings. The van der Waals surface area contributed by atoms with Crippen LogP contribution < -0.4 is 0 Å². The van der Waals surface area contributed by atoms with Crippen molar-refractivity contribution in [3.8, 4) is 0 Å². The molecule has 0 spiro atoms. The van der Waals surface area contributed by atoms with E-state index in [1.165, 1.54) is 0 Å². The summed E-state index contributed by atoms with van der Waals surface area (Å²) < 4.78 is 0. The molecule has 0 saturated heterocycles. The van der Waals surface area contributed by atoms with Crippen molar-refractivity contribution in [2.75, 3.05) is 0 Å². The lowest BCUT2D eigenvalue weighted by atomic mass is 10.2. The minimum absolute atomic E-state index is 0.281. The molecule has 0 fully saturated rings. The highest BCUT2D eigenvalue weighted by atomic mass is 16.4. The molecule has 0 amide bonds. The molecular formula is C5H5NO4. The average molecular weight is 143 g/mol. The van der Waals surface area contributed by atoms with E-state index in [2.05, 4.69) is 0 Å². The molecule has 0 rings (SSSR count). The van der Waals surface area contributed by atoms with Crippen LogP contribution in [0.2, 0.25) is 0 Å². The van der Waals surface area contributed by atoms with Crippen LogP contribution in [0.15, 0.2) is 11.8 Å². The molecule has 0 unspecified atom stereocenters. The quantitative estimate of drug-likeness (QED) is 0.219. The number of hydrogen-bond acceptors (Lipinski definition) is 4. The number of carbonyl (C=O) groups excluding carboxylic acids is 1. The van der Waals surface area contributed by atoms with Gasteiger partial charge in [-0.25, -0.2) is 4.79 Å². The summed E-state index contributed by atoms with van der Waals surface area (Å²) in [6.45, 7) is 0. The topological polar surface area (TPSA) is 98.5 Å². The summed E-state index contributed by atoms with van der Waals surface area (Å²) in [5.41, 5.74) is -0.549. The van der Waals surface area contributed by atoms with E-state index in [-0.39, 0.29) is 6.26 Å². The van der Waals surface area contributed by atoms with Gasteiger partial charge in [-0.15, -0.1) is 0 Å². The predicted octanol–water partition coefficient (Wildman–Crippen LogP) is -0.268. The second-order valence-corrected chi connectivity index (χ2v) is 1.36. The van der Waals surface area contributed by atoms with Crippen LogP contribution in [0.4, 0.5) is 0 Å². The Kier molecular flexibility index (Phi) is 2.83. The number of aliphatic hydroxyl groups excluding tert-OH is 1. The minimum Gasteiger partial charge on any atom is -0.515 e. The third kappa shape index (κ3) is 1.70.